The number of amides is 2. The average molecular weight is 501 g/mol. The number of hydrazone groups is 1. The summed E-state index contributed by atoms with van der Waals surface area (Å²) < 4.78 is 0. The molecule has 0 aromatic heterocycles. The number of benzene rings is 2. The van der Waals surface area contributed by atoms with Gasteiger partial charge in [-0.1, -0.05) is 31.5 Å². The molecule has 10 nitrogen and oxygen atoms in total. The van der Waals surface area contributed by atoms with Crippen molar-refractivity contribution in [2.75, 3.05) is 38.1 Å². The molecule has 1 heterocycles. The smallest absolute Gasteiger partial charge is 0.293 e. The Morgan fingerprint density at radius 3 is 2.37 bits per heavy atom. The first kappa shape index (κ1) is 26.1. The van der Waals surface area contributed by atoms with Crippen molar-refractivity contribution >= 4 is 41.0 Å². The Kier molecular flexibility index (Phi) is 8.78. The molecule has 0 saturated carbocycles. The van der Waals surface area contributed by atoms with Crippen LogP contribution in [0, 0.1) is 16.0 Å². The van der Waals surface area contributed by atoms with Gasteiger partial charge in [0.05, 0.1) is 11.1 Å². The topological polar surface area (TPSA) is 120 Å². The largest absolute Gasteiger partial charge is 0.363 e. The van der Waals surface area contributed by atoms with Gasteiger partial charge in [-0.3, -0.25) is 19.7 Å². The van der Waals surface area contributed by atoms with Gasteiger partial charge in [0.1, 0.15) is 11.7 Å². The Bertz CT molecular complexity index is 1100. The van der Waals surface area contributed by atoms with Gasteiger partial charge in [0, 0.05) is 48.4 Å². The van der Waals surface area contributed by atoms with Crippen molar-refractivity contribution in [2.45, 2.75) is 19.9 Å². The molecule has 0 radical (unpaired) electrons. The molecule has 1 saturated heterocycles. The summed E-state index contributed by atoms with van der Waals surface area (Å²) in [5.74, 6) is -1.11. The highest BCUT2D eigenvalue weighted by atomic mass is 35.5. The van der Waals surface area contributed by atoms with Crippen molar-refractivity contribution in [1.29, 1.82) is 0 Å². The van der Waals surface area contributed by atoms with E-state index in [-0.39, 0.29) is 11.6 Å². The van der Waals surface area contributed by atoms with Gasteiger partial charge in [0.15, 0.2) is 0 Å². The first-order chi connectivity index (χ1) is 16.7. The summed E-state index contributed by atoms with van der Waals surface area (Å²) >= 11 is 5.86. The molecule has 0 bridgehead atoms. The Hall–Kier alpha value is -3.50. The first-order valence-corrected chi connectivity index (χ1v) is 11.6. The molecule has 2 amide bonds. The highest BCUT2D eigenvalue weighted by Gasteiger charge is 2.25. The van der Waals surface area contributed by atoms with Crippen LogP contribution in [0.4, 0.5) is 11.4 Å². The number of piperazine rings is 1. The minimum atomic E-state index is -0.829. The predicted molar refractivity (Wildman–Crippen MR) is 136 cm³/mol. The van der Waals surface area contributed by atoms with E-state index in [1.54, 1.807) is 50.2 Å². The quantitative estimate of drug-likeness (QED) is 0.326. The maximum Gasteiger partial charge on any atom is 0.293 e. The van der Waals surface area contributed by atoms with Crippen molar-refractivity contribution in [2.24, 2.45) is 11.0 Å². The third-order valence-electron chi connectivity index (χ3n) is 5.77. The summed E-state index contributed by atoms with van der Waals surface area (Å²) in [5, 5.41) is 18.8. The number of hydrogen-bond acceptors (Lipinski definition) is 7. The maximum atomic E-state index is 12.7. The number of hydrogen-bond donors (Lipinski definition) is 2. The van der Waals surface area contributed by atoms with Crippen LogP contribution in [0.2, 0.25) is 5.02 Å². The van der Waals surface area contributed by atoms with Crippen molar-refractivity contribution in [3.63, 3.8) is 0 Å². The van der Waals surface area contributed by atoms with Crippen LogP contribution < -0.4 is 15.6 Å². The molecule has 1 aliphatic rings. The summed E-state index contributed by atoms with van der Waals surface area (Å²) in [6.07, 6.45) is 1.34. The van der Waals surface area contributed by atoms with Gasteiger partial charge in [-0.05, 0) is 43.3 Å². The van der Waals surface area contributed by atoms with Crippen LogP contribution in [-0.4, -0.2) is 67.1 Å². The molecule has 186 valence electrons. The highest BCUT2D eigenvalue weighted by molar-refractivity contribution is 6.30. The lowest BCUT2D eigenvalue weighted by atomic mass is 10.0. The van der Waals surface area contributed by atoms with Crippen LogP contribution in [0.1, 0.15) is 29.8 Å². The summed E-state index contributed by atoms with van der Waals surface area (Å²) in [6, 6.07) is 10.4. The molecule has 2 aromatic carbocycles. The molecular formula is C24H29ClN6O4. The minimum absolute atomic E-state index is 0.0138. The number of halogens is 1. The van der Waals surface area contributed by atoms with E-state index in [1.807, 2.05) is 11.9 Å². The van der Waals surface area contributed by atoms with Crippen molar-refractivity contribution in [1.82, 2.24) is 15.6 Å². The number of anilines is 1. The SMILES string of the molecule is CC(C)C(NC(=O)c1ccc(Cl)cc1)C(=O)N/N=C\c1ccc(N2CCN(C)CC2)c([N+](=O)[O-])c1. The Labute approximate surface area is 209 Å². The molecule has 2 N–H and O–H groups in total. The summed E-state index contributed by atoms with van der Waals surface area (Å²) in [5.41, 5.74) is 3.82. The summed E-state index contributed by atoms with van der Waals surface area (Å²) in [6.45, 7) is 6.68. The molecule has 0 aliphatic carbocycles. The lowest BCUT2D eigenvalue weighted by Gasteiger charge is -2.33. The van der Waals surface area contributed by atoms with Crippen molar-refractivity contribution in [3.8, 4) is 0 Å². The van der Waals surface area contributed by atoms with Crippen LogP contribution in [-0.2, 0) is 4.79 Å². The zero-order valence-electron chi connectivity index (χ0n) is 19.9. The second-order valence-corrected chi connectivity index (χ2v) is 9.17. The zero-order valence-corrected chi connectivity index (χ0v) is 20.7. The Balaban J connectivity index is 1.66. The molecule has 1 unspecified atom stereocenters. The molecular weight excluding hydrogens is 472 g/mol. The Morgan fingerprint density at radius 2 is 1.77 bits per heavy atom. The second-order valence-electron chi connectivity index (χ2n) is 8.73. The number of rotatable bonds is 8. The fraction of sp³-hybridized carbons (Fsp3) is 0.375. The standard InChI is InChI=1S/C24H29ClN6O4/c1-16(2)22(27-23(32)18-5-7-19(25)8-6-18)24(33)28-26-15-17-4-9-20(21(14-17)31(34)35)30-12-10-29(3)11-13-30/h4-9,14-16,22H,10-13H2,1-3H3,(H,27,32)(H,28,33)/b26-15-. The number of carbonyl (C=O) groups is 2. The molecule has 0 spiro atoms. The fourth-order valence-corrected chi connectivity index (χ4v) is 3.81. The molecule has 11 heteroatoms. The van der Waals surface area contributed by atoms with Crippen LogP contribution in [0.5, 0.6) is 0 Å². The zero-order chi connectivity index (χ0) is 25.5. The van der Waals surface area contributed by atoms with E-state index in [4.69, 9.17) is 11.6 Å². The van der Waals surface area contributed by atoms with Crippen LogP contribution in [0.25, 0.3) is 0 Å². The van der Waals surface area contributed by atoms with E-state index >= 15 is 0 Å². The van der Waals surface area contributed by atoms with E-state index in [2.05, 4.69) is 20.7 Å². The monoisotopic (exact) mass is 500 g/mol. The number of nitrogens with zero attached hydrogens (tertiary/aromatic N) is 4. The van der Waals surface area contributed by atoms with Gasteiger partial charge in [0.2, 0.25) is 0 Å². The van der Waals surface area contributed by atoms with Gasteiger partial charge in [-0.15, -0.1) is 0 Å². The van der Waals surface area contributed by atoms with Gasteiger partial charge < -0.3 is 15.1 Å². The van der Waals surface area contributed by atoms with E-state index in [1.165, 1.54) is 12.3 Å². The lowest BCUT2D eigenvalue weighted by Crippen LogP contribution is -2.48. The van der Waals surface area contributed by atoms with Crippen molar-refractivity contribution < 1.29 is 14.5 Å². The number of carbonyl (C=O) groups excluding carboxylic acids is 2. The van der Waals surface area contributed by atoms with Gasteiger partial charge >= 0.3 is 0 Å². The normalized spacial score (nSPS) is 15.3. The third-order valence-corrected chi connectivity index (χ3v) is 6.02. The van der Waals surface area contributed by atoms with E-state index in [0.717, 1.165) is 13.1 Å². The van der Waals surface area contributed by atoms with Gasteiger partial charge in [-0.25, -0.2) is 5.43 Å². The Morgan fingerprint density at radius 1 is 1.11 bits per heavy atom. The maximum absolute atomic E-state index is 12.7. The van der Waals surface area contributed by atoms with Crippen LogP contribution in [0.15, 0.2) is 47.6 Å². The van der Waals surface area contributed by atoms with Gasteiger partial charge in [0.25, 0.3) is 17.5 Å². The number of likely N-dealkylation sites (N-methyl/N-ethyl adjacent to an activating group) is 1. The number of nitrogens with one attached hydrogen (secondary N) is 2. The number of nitro benzene ring substituents is 1. The van der Waals surface area contributed by atoms with Crippen LogP contribution >= 0.6 is 11.6 Å². The lowest BCUT2D eigenvalue weighted by molar-refractivity contribution is -0.384. The first-order valence-electron chi connectivity index (χ1n) is 11.3. The highest BCUT2D eigenvalue weighted by Crippen LogP contribution is 2.29. The molecule has 1 fully saturated rings. The van der Waals surface area contributed by atoms with Gasteiger partial charge in [-0.2, -0.15) is 5.10 Å². The van der Waals surface area contributed by atoms with E-state index in [9.17, 15) is 19.7 Å². The summed E-state index contributed by atoms with van der Waals surface area (Å²) in [4.78, 5) is 40.6. The van der Waals surface area contributed by atoms with E-state index in [0.29, 0.717) is 34.9 Å². The van der Waals surface area contributed by atoms with Crippen LogP contribution in [0.3, 0.4) is 0 Å². The van der Waals surface area contributed by atoms with E-state index < -0.39 is 22.8 Å². The summed E-state index contributed by atoms with van der Waals surface area (Å²) in [7, 11) is 2.02. The number of nitro groups is 1. The molecule has 35 heavy (non-hydrogen) atoms. The average Bonchev–Trinajstić information content (AvgIpc) is 2.83. The predicted octanol–water partition coefficient (Wildman–Crippen LogP) is 2.90. The molecule has 3 rings (SSSR count). The second kappa shape index (κ2) is 11.8. The third kappa shape index (κ3) is 7.00. The molecule has 1 aliphatic heterocycles. The fourth-order valence-electron chi connectivity index (χ4n) is 3.68. The molecule has 1 atom stereocenters. The molecule has 2 aromatic rings. The van der Waals surface area contributed by atoms with Crippen molar-refractivity contribution in [3.05, 3.63) is 68.7 Å². The minimum Gasteiger partial charge on any atom is -0.363 e.